The summed E-state index contributed by atoms with van der Waals surface area (Å²) in [4.78, 5) is 23.6. The number of nitrogens with one attached hydrogen (secondary N) is 2. The maximum atomic E-state index is 12.8. The second kappa shape index (κ2) is 7.54. The predicted molar refractivity (Wildman–Crippen MR) is 82.7 cm³/mol. The van der Waals surface area contributed by atoms with E-state index in [1.165, 1.54) is 24.3 Å². The summed E-state index contributed by atoms with van der Waals surface area (Å²) in [5.41, 5.74) is 0.409. The van der Waals surface area contributed by atoms with Crippen molar-refractivity contribution in [3.8, 4) is 0 Å². The topological polar surface area (TPSA) is 92.3 Å². The van der Waals surface area contributed by atoms with E-state index in [0.717, 1.165) is 12.8 Å². The molecular formula is C15H19FN2O4S. The summed E-state index contributed by atoms with van der Waals surface area (Å²) in [6.45, 7) is 0.564. The number of rotatable bonds is 5. The van der Waals surface area contributed by atoms with Gasteiger partial charge in [-0.2, -0.15) is 0 Å². The van der Waals surface area contributed by atoms with Crippen LogP contribution in [0.5, 0.6) is 0 Å². The van der Waals surface area contributed by atoms with Crippen molar-refractivity contribution in [3.63, 3.8) is 0 Å². The molecule has 2 amide bonds. The Labute approximate surface area is 134 Å². The first-order chi connectivity index (χ1) is 10.9. The van der Waals surface area contributed by atoms with Crippen molar-refractivity contribution in [2.75, 3.05) is 12.3 Å². The monoisotopic (exact) mass is 342 g/mol. The third-order valence-electron chi connectivity index (χ3n) is 3.52. The lowest BCUT2D eigenvalue weighted by Gasteiger charge is -2.15. The van der Waals surface area contributed by atoms with Crippen LogP contribution in [0.15, 0.2) is 24.3 Å². The average Bonchev–Trinajstić information content (AvgIpc) is 2.66. The molecule has 0 bridgehead atoms. The third-order valence-corrected chi connectivity index (χ3v) is 5.00. The van der Waals surface area contributed by atoms with Crippen molar-refractivity contribution in [1.82, 2.24) is 10.6 Å². The fraction of sp³-hybridized carbons (Fsp3) is 0.467. The Bertz CT molecular complexity index is 673. The van der Waals surface area contributed by atoms with Gasteiger partial charge in [-0.15, -0.1) is 0 Å². The summed E-state index contributed by atoms with van der Waals surface area (Å²) >= 11 is 0. The van der Waals surface area contributed by atoms with Gasteiger partial charge in [-0.05, 0) is 37.0 Å². The Kier molecular flexibility index (Phi) is 5.70. The summed E-state index contributed by atoms with van der Waals surface area (Å²) in [7, 11) is -3.69. The van der Waals surface area contributed by atoms with Crippen molar-refractivity contribution in [2.45, 2.75) is 31.1 Å². The third kappa shape index (κ3) is 5.63. The van der Waals surface area contributed by atoms with E-state index in [4.69, 9.17) is 0 Å². The first kappa shape index (κ1) is 17.4. The van der Waals surface area contributed by atoms with Crippen LogP contribution >= 0.6 is 0 Å². The highest BCUT2D eigenvalue weighted by Gasteiger charge is 2.25. The summed E-state index contributed by atoms with van der Waals surface area (Å²) in [5, 5.41) is 5.14. The number of carbonyl (C=O) groups excluding carboxylic acids is 2. The minimum absolute atomic E-state index is 0.285. The highest BCUT2D eigenvalue weighted by atomic mass is 32.2. The van der Waals surface area contributed by atoms with E-state index in [-0.39, 0.29) is 11.7 Å². The molecule has 0 saturated carbocycles. The van der Waals surface area contributed by atoms with E-state index in [9.17, 15) is 22.4 Å². The van der Waals surface area contributed by atoms with Gasteiger partial charge in [-0.25, -0.2) is 12.8 Å². The number of carbonyl (C=O) groups is 2. The van der Waals surface area contributed by atoms with Crippen molar-refractivity contribution in [3.05, 3.63) is 35.6 Å². The van der Waals surface area contributed by atoms with Gasteiger partial charge in [0.05, 0.1) is 5.75 Å². The SMILES string of the molecule is O=C(CS(=O)(=O)Cc1ccc(F)cc1)N[C@@H]1CCCCNC1=O. The molecule has 8 heteroatoms. The molecule has 1 saturated heterocycles. The molecular weight excluding hydrogens is 323 g/mol. The maximum absolute atomic E-state index is 12.8. The molecule has 1 aliphatic heterocycles. The van der Waals surface area contributed by atoms with Crippen LogP contribution in [0.4, 0.5) is 4.39 Å². The van der Waals surface area contributed by atoms with Crippen molar-refractivity contribution in [1.29, 1.82) is 0 Å². The van der Waals surface area contributed by atoms with Crippen LogP contribution in [-0.2, 0) is 25.2 Å². The van der Waals surface area contributed by atoms with Gasteiger partial charge in [-0.3, -0.25) is 9.59 Å². The van der Waals surface area contributed by atoms with Crippen LogP contribution in [0.3, 0.4) is 0 Å². The normalized spacial score (nSPS) is 18.8. The molecule has 1 atom stereocenters. The van der Waals surface area contributed by atoms with E-state index >= 15 is 0 Å². The fourth-order valence-electron chi connectivity index (χ4n) is 2.40. The molecule has 23 heavy (non-hydrogen) atoms. The number of halogens is 1. The molecule has 1 aliphatic rings. The zero-order chi connectivity index (χ0) is 16.9. The van der Waals surface area contributed by atoms with Crippen LogP contribution in [0.1, 0.15) is 24.8 Å². The van der Waals surface area contributed by atoms with Gasteiger partial charge in [0, 0.05) is 6.54 Å². The lowest BCUT2D eigenvalue weighted by molar-refractivity contribution is -0.127. The predicted octanol–water partition coefficient (Wildman–Crippen LogP) is 0.525. The molecule has 1 heterocycles. The Balaban J connectivity index is 1.92. The minimum atomic E-state index is -3.69. The van der Waals surface area contributed by atoms with Crippen LogP contribution in [0, 0.1) is 5.82 Å². The number of amides is 2. The fourth-order valence-corrected chi connectivity index (χ4v) is 3.68. The number of hydrogen-bond donors (Lipinski definition) is 2. The van der Waals surface area contributed by atoms with Gasteiger partial charge in [-0.1, -0.05) is 12.1 Å². The van der Waals surface area contributed by atoms with Crippen LogP contribution in [-0.4, -0.2) is 38.6 Å². The van der Waals surface area contributed by atoms with Gasteiger partial charge in [0.2, 0.25) is 11.8 Å². The van der Waals surface area contributed by atoms with Crippen LogP contribution in [0.2, 0.25) is 0 Å². The lowest BCUT2D eigenvalue weighted by atomic mass is 10.1. The Morgan fingerprint density at radius 1 is 1.26 bits per heavy atom. The van der Waals surface area contributed by atoms with Crippen LogP contribution < -0.4 is 10.6 Å². The molecule has 126 valence electrons. The Morgan fingerprint density at radius 3 is 2.65 bits per heavy atom. The van der Waals surface area contributed by atoms with Crippen molar-refractivity contribution >= 4 is 21.7 Å². The van der Waals surface area contributed by atoms with Crippen LogP contribution in [0.25, 0.3) is 0 Å². The standard InChI is InChI=1S/C15H19FN2O4S/c16-12-6-4-11(5-7-12)9-23(21,22)10-14(19)18-13-3-1-2-8-17-15(13)20/h4-7,13H,1-3,8-10H2,(H,17,20)(H,18,19)/t13-/m1/s1. The van der Waals surface area contributed by atoms with Gasteiger partial charge < -0.3 is 10.6 Å². The van der Waals surface area contributed by atoms with Crippen molar-refractivity contribution in [2.24, 2.45) is 0 Å². The highest BCUT2D eigenvalue weighted by Crippen LogP contribution is 2.09. The second-order valence-electron chi connectivity index (χ2n) is 5.57. The van der Waals surface area contributed by atoms with Gasteiger partial charge in [0.25, 0.3) is 0 Å². The van der Waals surface area contributed by atoms with Gasteiger partial charge in [0.1, 0.15) is 17.6 Å². The second-order valence-corrected chi connectivity index (χ2v) is 7.63. The highest BCUT2D eigenvalue weighted by molar-refractivity contribution is 7.91. The smallest absolute Gasteiger partial charge is 0.242 e. The lowest BCUT2D eigenvalue weighted by Crippen LogP contribution is -2.47. The molecule has 2 N–H and O–H groups in total. The van der Waals surface area contributed by atoms with Gasteiger partial charge >= 0.3 is 0 Å². The molecule has 0 aromatic heterocycles. The van der Waals surface area contributed by atoms with E-state index in [2.05, 4.69) is 10.6 Å². The van der Waals surface area contributed by atoms with E-state index in [1.54, 1.807) is 0 Å². The molecule has 0 spiro atoms. The molecule has 0 radical (unpaired) electrons. The minimum Gasteiger partial charge on any atom is -0.354 e. The zero-order valence-electron chi connectivity index (χ0n) is 12.5. The summed E-state index contributed by atoms with van der Waals surface area (Å²) in [5.74, 6) is -2.49. The maximum Gasteiger partial charge on any atom is 0.242 e. The van der Waals surface area contributed by atoms with E-state index < -0.39 is 33.4 Å². The molecule has 2 rings (SSSR count). The largest absolute Gasteiger partial charge is 0.354 e. The quantitative estimate of drug-likeness (QED) is 0.816. The molecule has 0 aliphatic carbocycles. The van der Waals surface area contributed by atoms with E-state index in [0.29, 0.717) is 18.5 Å². The summed E-state index contributed by atoms with van der Waals surface area (Å²) in [6.07, 6.45) is 2.11. The average molecular weight is 342 g/mol. The number of benzene rings is 1. The Hall–Kier alpha value is -1.96. The van der Waals surface area contributed by atoms with Gasteiger partial charge in [0.15, 0.2) is 9.84 Å². The van der Waals surface area contributed by atoms with E-state index in [1.807, 2.05) is 0 Å². The molecule has 6 nitrogen and oxygen atoms in total. The number of sulfone groups is 1. The molecule has 1 aromatic carbocycles. The zero-order valence-corrected chi connectivity index (χ0v) is 13.4. The first-order valence-corrected chi connectivity index (χ1v) is 9.20. The summed E-state index contributed by atoms with van der Waals surface area (Å²) in [6, 6.07) is 4.38. The molecule has 1 aromatic rings. The number of hydrogen-bond acceptors (Lipinski definition) is 4. The summed E-state index contributed by atoms with van der Waals surface area (Å²) < 4.78 is 36.9. The van der Waals surface area contributed by atoms with Crippen molar-refractivity contribution < 1.29 is 22.4 Å². The Morgan fingerprint density at radius 2 is 1.96 bits per heavy atom. The molecule has 1 fully saturated rings. The molecule has 0 unspecified atom stereocenters. The first-order valence-electron chi connectivity index (χ1n) is 7.38.